The van der Waals surface area contributed by atoms with Crippen LogP contribution < -0.4 is 0 Å². The lowest BCUT2D eigenvalue weighted by Crippen LogP contribution is -2.15. The van der Waals surface area contributed by atoms with Crippen LogP contribution in [0.25, 0.3) is 11.1 Å². The quantitative estimate of drug-likeness (QED) is 0.297. The number of benzene rings is 4. The largest absolute Gasteiger partial charge is 0.294 e. The van der Waals surface area contributed by atoms with Gasteiger partial charge < -0.3 is 0 Å². The van der Waals surface area contributed by atoms with Crippen molar-refractivity contribution in [3.05, 3.63) is 132 Å². The minimum atomic E-state index is -0.351. The van der Waals surface area contributed by atoms with Crippen molar-refractivity contribution >= 4 is 11.6 Å². The third kappa shape index (κ3) is 5.04. The summed E-state index contributed by atoms with van der Waals surface area (Å²) in [5, 5.41) is 0. The molecule has 4 aromatic carbocycles. The molecule has 152 valence electrons. The van der Waals surface area contributed by atoms with Crippen LogP contribution in [-0.2, 0) is 0 Å². The molecule has 0 aromatic heterocycles. The molecule has 0 bridgehead atoms. The third-order valence-corrected chi connectivity index (χ3v) is 5.55. The molecule has 4 rings (SSSR count). The number of ketones is 2. The van der Waals surface area contributed by atoms with Gasteiger partial charge in [-0.1, -0.05) is 115 Å². The minimum Gasteiger partial charge on any atom is -0.294 e. The van der Waals surface area contributed by atoms with Crippen LogP contribution in [0.2, 0.25) is 0 Å². The van der Waals surface area contributed by atoms with Crippen LogP contribution in [0, 0.1) is 0 Å². The number of hydrogen-bond acceptors (Lipinski definition) is 2. The monoisotopic (exact) mass is 404 g/mol. The van der Waals surface area contributed by atoms with Crippen LogP contribution in [0.3, 0.4) is 0 Å². The molecule has 1 atom stereocenters. The Morgan fingerprint density at radius 1 is 0.548 bits per heavy atom. The van der Waals surface area contributed by atoms with E-state index in [2.05, 4.69) is 12.1 Å². The van der Waals surface area contributed by atoms with Gasteiger partial charge in [0.25, 0.3) is 0 Å². The lowest BCUT2D eigenvalue weighted by atomic mass is 9.85. The Labute approximate surface area is 183 Å². The van der Waals surface area contributed by atoms with E-state index in [-0.39, 0.29) is 17.5 Å². The zero-order valence-corrected chi connectivity index (χ0v) is 17.3. The van der Waals surface area contributed by atoms with Crippen molar-refractivity contribution in [1.29, 1.82) is 0 Å². The molecule has 0 fully saturated rings. The van der Waals surface area contributed by atoms with E-state index in [0.717, 1.165) is 16.7 Å². The maximum atomic E-state index is 13.4. The average molecular weight is 405 g/mol. The van der Waals surface area contributed by atoms with Gasteiger partial charge in [0.15, 0.2) is 11.6 Å². The first kappa shape index (κ1) is 20.5. The summed E-state index contributed by atoms with van der Waals surface area (Å²) in [4.78, 5) is 26.1. The number of carbonyl (C=O) groups excluding carboxylic acids is 2. The molecule has 0 saturated carbocycles. The van der Waals surface area contributed by atoms with Gasteiger partial charge in [0.05, 0.1) is 0 Å². The second-order valence-electron chi connectivity index (χ2n) is 7.60. The maximum absolute atomic E-state index is 13.4. The van der Waals surface area contributed by atoms with E-state index >= 15 is 0 Å². The van der Waals surface area contributed by atoms with Crippen LogP contribution >= 0.6 is 0 Å². The lowest BCUT2D eigenvalue weighted by molar-refractivity contribution is 0.0936. The zero-order chi connectivity index (χ0) is 21.5. The van der Waals surface area contributed by atoms with E-state index in [4.69, 9.17) is 0 Å². The van der Waals surface area contributed by atoms with Crippen molar-refractivity contribution in [1.82, 2.24) is 0 Å². The zero-order valence-electron chi connectivity index (χ0n) is 17.3. The summed E-state index contributed by atoms with van der Waals surface area (Å²) < 4.78 is 0. The predicted molar refractivity (Wildman–Crippen MR) is 125 cm³/mol. The van der Waals surface area contributed by atoms with Crippen molar-refractivity contribution in [3.8, 4) is 11.1 Å². The Morgan fingerprint density at radius 3 is 1.68 bits per heavy atom. The second kappa shape index (κ2) is 9.82. The molecular formula is C29H24O2. The molecule has 0 aliphatic heterocycles. The number of Topliss-reactive ketones (excluding diaryl/α,β-unsaturated/α-hetero) is 2. The van der Waals surface area contributed by atoms with Gasteiger partial charge in [0, 0.05) is 23.5 Å². The third-order valence-electron chi connectivity index (χ3n) is 5.55. The highest BCUT2D eigenvalue weighted by Crippen LogP contribution is 2.28. The van der Waals surface area contributed by atoms with Gasteiger partial charge in [-0.15, -0.1) is 0 Å². The molecule has 0 saturated heterocycles. The van der Waals surface area contributed by atoms with E-state index < -0.39 is 0 Å². The van der Waals surface area contributed by atoms with E-state index in [1.54, 1.807) is 0 Å². The molecule has 1 unspecified atom stereocenters. The highest BCUT2D eigenvalue weighted by atomic mass is 16.1. The van der Waals surface area contributed by atoms with Gasteiger partial charge in [0.1, 0.15) is 0 Å². The standard InChI is InChI=1S/C29H24O2/c30-28(25-14-8-3-9-15-25)21-20-27(24-12-6-2-7-13-24)29(31)26-18-16-23(17-19-26)22-10-4-1-5-11-22/h1-19,27H,20-21H2. The van der Waals surface area contributed by atoms with E-state index in [0.29, 0.717) is 24.0 Å². The summed E-state index contributed by atoms with van der Waals surface area (Å²) in [6.45, 7) is 0. The first-order chi connectivity index (χ1) is 15.2. The normalized spacial score (nSPS) is 11.6. The fraction of sp³-hybridized carbons (Fsp3) is 0.103. The van der Waals surface area contributed by atoms with Crippen molar-refractivity contribution < 1.29 is 9.59 Å². The first-order valence-corrected chi connectivity index (χ1v) is 10.6. The SMILES string of the molecule is O=C(CCC(C(=O)c1ccc(-c2ccccc2)cc1)c1ccccc1)c1ccccc1. The molecular weight excluding hydrogens is 380 g/mol. The Bertz CT molecular complexity index is 1130. The van der Waals surface area contributed by atoms with Crippen molar-refractivity contribution in [2.75, 3.05) is 0 Å². The fourth-order valence-electron chi connectivity index (χ4n) is 3.84. The van der Waals surface area contributed by atoms with Crippen molar-refractivity contribution in [2.24, 2.45) is 0 Å². The molecule has 0 N–H and O–H groups in total. The van der Waals surface area contributed by atoms with Crippen molar-refractivity contribution in [2.45, 2.75) is 18.8 Å². The molecule has 0 amide bonds. The first-order valence-electron chi connectivity index (χ1n) is 10.6. The van der Waals surface area contributed by atoms with Gasteiger partial charge in [-0.25, -0.2) is 0 Å². The van der Waals surface area contributed by atoms with Gasteiger partial charge in [-0.2, -0.15) is 0 Å². The Morgan fingerprint density at radius 2 is 1.06 bits per heavy atom. The number of carbonyl (C=O) groups is 2. The van der Waals surface area contributed by atoms with Crippen molar-refractivity contribution in [3.63, 3.8) is 0 Å². The summed E-state index contributed by atoms with van der Waals surface area (Å²) in [5.74, 6) is -0.239. The molecule has 0 aliphatic rings. The number of rotatable bonds is 8. The smallest absolute Gasteiger partial charge is 0.170 e. The maximum Gasteiger partial charge on any atom is 0.170 e. The minimum absolute atomic E-state index is 0.0478. The van der Waals surface area contributed by atoms with E-state index in [1.165, 1.54) is 0 Å². The molecule has 0 aliphatic carbocycles. The summed E-state index contributed by atoms with van der Waals surface area (Å²) >= 11 is 0. The van der Waals surface area contributed by atoms with Crippen LogP contribution in [-0.4, -0.2) is 11.6 Å². The van der Waals surface area contributed by atoms with Gasteiger partial charge in [-0.3, -0.25) is 9.59 Å². The average Bonchev–Trinajstić information content (AvgIpc) is 2.86. The van der Waals surface area contributed by atoms with Crippen LogP contribution in [0.4, 0.5) is 0 Å². The lowest BCUT2D eigenvalue weighted by Gasteiger charge is -2.17. The second-order valence-corrected chi connectivity index (χ2v) is 7.60. The van der Waals surface area contributed by atoms with Crippen LogP contribution in [0.5, 0.6) is 0 Å². The molecule has 31 heavy (non-hydrogen) atoms. The van der Waals surface area contributed by atoms with Crippen LogP contribution in [0.15, 0.2) is 115 Å². The topological polar surface area (TPSA) is 34.1 Å². The Kier molecular flexibility index (Phi) is 6.49. The van der Waals surface area contributed by atoms with Gasteiger partial charge in [-0.05, 0) is 23.1 Å². The Hall–Kier alpha value is -3.78. The number of hydrogen-bond donors (Lipinski definition) is 0. The summed E-state index contributed by atoms with van der Waals surface area (Å²) in [6, 6.07) is 36.9. The summed E-state index contributed by atoms with van der Waals surface area (Å²) in [6.07, 6.45) is 0.814. The Balaban J connectivity index is 1.55. The highest BCUT2D eigenvalue weighted by Gasteiger charge is 2.23. The fourth-order valence-corrected chi connectivity index (χ4v) is 3.84. The van der Waals surface area contributed by atoms with Gasteiger partial charge >= 0.3 is 0 Å². The molecule has 2 heteroatoms. The molecule has 0 radical (unpaired) electrons. The molecule has 0 heterocycles. The van der Waals surface area contributed by atoms with Crippen LogP contribution in [0.1, 0.15) is 45.0 Å². The molecule has 4 aromatic rings. The summed E-state index contributed by atoms with van der Waals surface area (Å²) in [5.41, 5.74) is 4.50. The predicted octanol–water partition coefficient (Wildman–Crippen LogP) is 6.98. The van der Waals surface area contributed by atoms with E-state index in [9.17, 15) is 9.59 Å². The van der Waals surface area contributed by atoms with Gasteiger partial charge in [0.2, 0.25) is 0 Å². The summed E-state index contributed by atoms with van der Waals surface area (Å²) in [7, 11) is 0. The molecule has 0 spiro atoms. The molecule has 2 nitrogen and oxygen atoms in total. The highest BCUT2D eigenvalue weighted by molar-refractivity contribution is 6.02. The van der Waals surface area contributed by atoms with E-state index in [1.807, 2.05) is 103 Å².